The zero-order chi connectivity index (χ0) is 23.5. The first kappa shape index (κ1) is 22.1. The molecule has 3 heterocycles. The van der Waals surface area contributed by atoms with Crippen LogP contribution in [0.4, 0.5) is 5.69 Å². The van der Waals surface area contributed by atoms with Crippen molar-refractivity contribution in [3.05, 3.63) is 102 Å². The van der Waals surface area contributed by atoms with E-state index in [1.165, 1.54) is 0 Å². The average molecular weight is 486 g/mol. The molecule has 168 valence electrons. The Labute approximate surface area is 206 Å². The predicted octanol–water partition coefficient (Wildman–Crippen LogP) is 6.23. The Kier molecular flexibility index (Phi) is 6.29. The molecule has 34 heavy (non-hydrogen) atoms. The summed E-state index contributed by atoms with van der Waals surface area (Å²) in [5, 5.41) is 9.13. The van der Waals surface area contributed by atoms with E-state index in [0.29, 0.717) is 16.5 Å². The summed E-state index contributed by atoms with van der Waals surface area (Å²) in [4.78, 5) is 22.5. The number of aryl methyl sites for hydroxylation is 1. The number of carbonyl (C=O) groups is 1. The number of thioether (sulfide) groups is 1. The molecule has 3 aromatic heterocycles. The lowest BCUT2D eigenvalue weighted by molar-refractivity contribution is 0.102. The third-order valence-electron chi connectivity index (χ3n) is 5.37. The summed E-state index contributed by atoms with van der Waals surface area (Å²) < 4.78 is 1.66. The van der Waals surface area contributed by atoms with Crippen LogP contribution in [0.3, 0.4) is 0 Å². The average Bonchev–Trinajstić information content (AvgIpc) is 3.16. The number of halogens is 1. The van der Waals surface area contributed by atoms with Gasteiger partial charge in [-0.15, -0.1) is 11.8 Å². The maximum atomic E-state index is 13.2. The lowest BCUT2D eigenvalue weighted by Crippen LogP contribution is -2.13. The van der Waals surface area contributed by atoms with Crippen LogP contribution in [0.25, 0.3) is 22.2 Å². The molecule has 0 atom stereocenters. The van der Waals surface area contributed by atoms with E-state index in [1.807, 2.05) is 73.8 Å². The predicted molar refractivity (Wildman–Crippen MR) is 137 cm³/mol. The Bertz CT molecular complexity index is 1490. The molecule has 0 saturated carbocycles. The molecule has 1 N–H and O–H groups in total. The summed E-state index contributed by atoms with van der Waals surface area (Å²) in [6.45, 7) is 0. The summed E-state index contributed by atoms with van der Waals surface area (Å²) in [5.41, 5.74) is 4.80. The van der Waals surface area contributed by atoms with Crippen LogP contribution in [-0.2, 0) is 12.8 Å². The first-order chi connectivity index (χ1) is 16.6. The Hall–Kier alpha value is -3.68. The zero-order valence-corrected chi connectivity index (χ0v) is 19.8. The van der Waals surface area contributed by atoms with Gasteiger partial charge in [0.25, 0.3) is 5.91 Å². The van der Waals surface area contributed by atoms with Crippen LogP contribution >= 0.6 is 23.4 Å². The Morgan fingerprint density at radius 3 is 2.76 bits per heavy atom. The maximum Gasteiger partial charge on any atom is 0.256 e. The Morgan fingerprint density at radius 1 is 1.06 bits per heavy atom. The van der Waals surface area contributed by atoms with Gasteiger partial charge in [-0.25, -0.2) is 0 Å². The van der Waals surface area contributed by atoms with Gasteiger partial charge in [-0.1, -0.05) is 29.8 Å². The molecular formula is C26H20ClN5OS. The lowest BCUT2D eigenvalue weighted by Gasteiger charge is -2.11. The monoisotopic (exact) mass is 485 g/mol. The Balaban J connectivity index is 1.38. The van der Waals surface area contributed by atoms with E-state index in [1.54, 1.807) is 35.0 Å². The van der Waals surface area contributed by atoms with Gasteiger partial charge in [0.05, 0.1) is 16.8 Å². The highest BCUT2D eigenvalue weighted by Gasteiger charge is 2.18. The standard InChI is InChI=1S/C26H20ClN5OS/c1-32-25(27)21(24(31-32)18-7-4-12-28-15-18)16-34-23-9-3-2-8-20(23)26(33)30-19-10-11-22-17(14-19)6-5-13-29-22/h2-15H,16H2,1H3,(H,30,33). The summed E-state index contributed by atoms with van der Waals surface area (Å²) >= 11 is 8.12. The fraction of sp³-hybridized carbons (Fsp3) is 0.0769. The number of pyridine rings is 2. The minimum Gasteiger partial charge on any atom is -0.322 e. The number of fused-ring (bicyclic) bond motifs is 1. The summed E-state index contributed by atoms with van der Waals surface area (Å²) in [7, 11) is 1.82. The first-order valence-electron chi connectivity index (χ1n) is 10.6. The van der Waals surface area contributed by atoms with Gasteiger partial charge in [0.15, 0.2) is 0 Å². The lowest BCUT2D eigenvalue weighted by atomic mass is 10.1. The molecule has 1 amide bonds. The summed E-state index contributed by atoms with van der Waals surface area (Å²) in [6.07, 6.45) is 5.25. The second-order valence-electron chi connectivity index (χ2n) is 7.63. The number of hydrogen-bond donors (Lipinski definition) is 1. The molecule has 8 heteroatoms. The van der Waals surface area contributed by atoms with Gasteiger partial charge in [-0.2, -0.15) is 5.10 Å². The number of benzene rings is 2. The number of aromatic nitrogens is 4. The fourth-order valence-corrected chi connectivity index (χ4v) is 5.03. The van der Waals surface area contributed by atoms with Gasteiger partial charge in [-0.05, 0) is 48.5 Å². The molecule has 5 aromatic rings. The molecule has 5 rings (SSSR count). The van der Waals surface area contributed by atoms with Gasteiger partial charge in [0, 0.05) is 58.5 Å². The topological polar surface area (TPSA) is 72.7 Å². The molecule has 0 aliphatic heterocycles. The second-order valence-corrected chi connectivity index (χ2v) is 9.01. The van der Waals surface area contributed by atoms with Gasteiger partial charge in [0.2, 0.25) is 0 Å². The van der Waals surface area contributed by atoms with E-state index in [2.05, 4.69) is 20.4 Å². The highest BCUT2D eigenvalue weighted by Crippen LogP contribution is 2.35. The van der Waals surface area contributed by atoms with Crippen molar-refractivity contribution in [2.45, 2.75) is 10.6 Å². The van der Waals surface area contributed by atoms with Gasteiger partial charge >= 0.3 is 0 Å². The molecule has 0 radical (unpaired) electrons. The van der Waals surface area contributed by atoms with Crippen molar-refractivity contribution in [2.75, 3.05) is 5.32 Å². The van der Waals surface area contributed by atoms with E-state index in [-0.39, 0.29) is 5.91 Å². The van der Waals surface area contributed by atoms with Crippen molar-refractivity contribution in [1.82, 2.24) is 19.7 Å². The minimum absolute atomic E-state index is 0.170. The highest BCUT2D eigenvalue weighted by molar-refractivity contribution is 7.98. The molecular weight excluding hydrogens is 466 g/mol. The highest BCUT2D eigenvalue weighted by atomic mass is 35.5. The third-order valence-corrected chi connectivity index (χ3v) is 6.94. The SMILES string of the molecule is Cn1nc(-c2cccnc2)c(CSc2ccccc2C(=O)Nc2ccc3ncccc3c2)c1Cl. The molecule has 0 saturated heterocycles. The number of anilines is 1. The zero-order valence-electron chi connectivity index (χ0n) is 18.3. The van der Waals surface area contributed by atoms with Crippen LogP contribution < -0.4 is 5.32 Å². The van der Waals surface area contributed by atoms with E-state index in [4.69, 9.17) is 11.6 Å². The molecule has 2 aromatic carbocycles. The minimum atomic E-state index is -0.170. The number of hydrogen-bond acceptors (Lipinski definition) is 5. The number of nitrogens with one attached hydrogen (secondary N) is 1. The molecule has 0 bridgehead atoms. The van der Waals surface area contributed by atoms with Gasteiger partial charge in [-0.3, -0.25) is 19.4 Å². The Morgan fingerprint density at radius 2 is 1.91 bits per heavy atom. The van der Waals surface area contributed by atoms with E-state index in [9.17, 15) is 4.79 Å². The van der Waals surface area contributed by atoms with Crippen LogP contribution in [0.15, 0.2) is 90.2 Å². The van der Waals surface area contributed by atoms with Crippen molar-refractivity contribution >= 4 is 45.9 Å². The van der Waals surface area contributed by atoms with Crippen molar-refractivity contribution in [3.63, 3.8) is 0 Å². The maximum absolute atomic E-state index is 13.2. The van der Waals surface area contributed by atoms with E-state index < -0.39 is 0 Å². The molecule has 0 fully saturated rings. The molecule has 0 unspecified atom stereocenters. The van der Waals surface area contributed by atoms with E-state index >= 15 is 0 Å². The van der Waals surface area contributed by atoms with Gasteiger partial charge in [0.1, 0.15) is 5.15 Å². The number of rotatable bonds is 6. The number of amides is 1. The van der Waals surface area contributed by atoms with Crippen LogP contribution in [0.5, 0.6) is 0 Å². The summed E-state index contributed by atoms with van der Waals surface area (Å²) in [5.74, 6) is 0.388. The smallest absolute Gasteiger partial charge is 0.256 e. The van der Waals surface area contributed by atoms with Crippen molar-refractivity contribution in [3.8, 4) is 11.3 Å². The quantitative estimate of drug-likeness (QED) is 0.289. The summed E-state index contributed by atoms with van der Waals surface area (Å²) in [6, 6.07) is 20.9. The fourth-order valence-electron chi connectivity index (χ4n) is 3.69. The number of nitrogens with zero attached hydrogens (tertiary/aromatic N) is 4. The molecule has 0 aliphatic rings. The van der Waals surface area contributed by atoms with Crippen LogP contribution in [0.1, 0.15) is 15.9 Å². The van der Waals surface area contributed by atoms with E-state index in [0.717, 1.165) is 38.3 Å². The van der Waals surface area contributed by atoms with Gasteiger partial charge < -0.3 is 5.32 Å². The van der Waals surface area contributed by atoms with Crippen LogP contribution in [0.2, 0.25) is 5.15 Å². The molecule has 0 spiro atoms. The normalized spacial score (nSPS) is 11.0. The molecule has 6 nitrogen and oxygen atoms in total. The number of carbonyl (C=O) groups excluding carboxylic acids is 1. The van der Waals surface area contributed by atoms with Crippen molar-refractivity contribution < 1.29 is 4.79 Å². The van der Waals surface area contributed by atoms with Crippen molar-refractivity contribution in [1.29, 1.82) is 0 Å². The third kappa shape index (κ3) is 4.53. The molecule has 0 aliphatic carbocycles. The first-order valence-corrected chi connectivity index (χ1v) is 12.0. The van der Waals surface area contributed by atoms with Crippen LogP contribution in [-0.4, -0.2) is 25.7 Å². The second kappa shape index (κ2) is 9.67. The largest absolute Gasteiger partial charge is 0.322 e. The van der Waals surface area contributed by atoms with Crippen LogP contribution in [0, 0.1) is 0 Å². The van der Waals surface area contributed by atoms with Crippen molar-refractivity contribution in [2.24, 2.45) is 7.05 Å².